The average molecular weight is 408 g/mol. The summed E-state index contributed by atoms with van der Waals surface area (Å²) < 4.78 is 5.66. The van der Waals surface area contributed by atoms with Gasteiger partial charge in [-0.15, -0.1) is 10.2 Å². The van der Waals surface area contributed by atoms with Gasteiger partial charge in [0.2, 0.25) is 5.13 Å². The van der Waals surface area contributed by atoms with Crippen LogP contribution in [-0.2, 0) is 4.79 Å². The fourth-order valence-electron chi connectivity index (χ4n) is 2.14. The maximum absolute atomic E-state index is 12.3. The van der Waals surface area contributed by atoms with Gasteiger partial charge in [0.25, 0.3) is 5.91 Å². The summed E-state index contributed by atoms with van der Waals surface area (Å²) >= 11 is 13.2. The highest BCUT2D eigenvalue weighted by atomic mass is 35.5. The third-order valence-corrected chi connectivity index (χ3v) is 5.12. The zero-order chi connectivity index (χ0) is 18.7. The van der Waals surface area contributed by atoms with Crippen LogP contribution in [0, 0.1) is 6.92 Å². The molecule has 0 aliphatic carbocycles. The van der Waals surface area contributed by atoms with Gasteiger partial charge in [0.15, 0.2) is 6.10 Å². The van der Waals surface area contributed by atoms with E-state index in [0.717, 1.165) is 11.1 Å². The minimum atomic E-state index is -0.696. The highest BCUT2D eigenvalue weighted by Gasteiger charge is 2.17. The number of benzene rings is 2. The third-order valence-electron chi connectivity index (χ3n) is 3.56. The number of halogens is 2. The fourth-order valence-corrected chi connectivity index (χ4v) is 3.13. The molecule has 3 rings (SSSR count). The fraction of sp³-hybridized carbons (Fsp3) is 0.167. The molecule has 0 aliphatic rings. The van der Waals surface area contributed by atoms with Crippen LogP contribution in [0.3, 0.4) is 0 Å². The number of ether oxygens (including phenoxy) is 1. The van der Waals surface area contributed by atoms with E-state index in [2.05, 4.69) is 15.5 Å². The normalized spacial score (nSPS) is 11.8. The Morgan fingerprint density at radius 3 is 2.58 bits per heavy atom. The minimum absolute atomic E-state index is 0.309. The summed E-state index contributed by atoms with van der Waals surface area (Å²) in [5, 5.41) is 13.2. The van der Waals surface area contributed by atoms with Crippen LogP contribution in [-0.4, -0.2) is 22.2 Å². The lowest BCUT2D eigenvalue weighted by Crippen LogP contribution is -2.30. The summed E-state index contributed by atoms with van der Waals surface area (Å²) in [6.45, 7) is 3.54. The van der Waals surface area contributed by atoms with Gasteiger partial charge in [-0.25, -0.2) is 0 Å². The number of hydrogen-bond acceptors (Lipinski definition) is 5. The van der Waals surface area contributed by atoms with Crippen molar-refractivity contribution in [2.75, 3.05) is 5.32 Å². The van der Waals surface area contributed by atoms with Crippen LogP contribution < -0.4 is 10.1 Å². The first-order chi connectivity index (χ1) is 12.4. The number of carbonyl (C=O) groups excluding carboxylic acids is 1. The zero-order valence-electron chi connectivity index (χ0n) is 14.0. The van der Waals surface area contributed by atoms with E-state index in [1.54, 1.807) is 37.3 Å². The molecule has 3 aromatic rings. The van der Waals surface area contributed by atoms with Gasteiger partial charge in [-0.2, -0.15) is 0 Å². The van der Waals surface area contributed by atoms with Crippen LogP contribution in [0.1, 0.15) is 12.5 Å². The molecule has 1 heterocycles. The van der Waals surface area contributed by atoms with Gasteiger partial charge in [0.05, 0.1) is 0 Å². The summed E-state index contributed by atoms with van der Waals surface area (Å²) in [5.41, 5.74) is 1.77. The van der Waals surface area contributed by atoms with Gasteiger partial charge < -0.3 is 4.74 Å². The number of aryl methyl sites for hydroxylation is 1. The Hall–Kier alpha value is -2.15. The van der Waals surface area contributed by atoms with E-state index in [0.29, 0.717) is 25.9 Å². The Labute approximate surface area is 164 Å². The van der Waals surface area contributed by atoms with Crippen LogP contribution in [0.15, 0.2) is 42.5 Å². The van der Waals surface area contributed by atoms with E-state index in [1.165, 1.54) is 11.3 Å². The molecule has 1 aromatic heterocycles. The van der Waals surface area contributed by atoms with Crippen molar-refractivity contribution < 1.29 is 9.53 Å². The average Bonchev–Trinajstić information content (AvgIpc) is 3.07. The monoisotopic (exact) mass is 407 g/mol. The summed E-state index contributed by atoms with van der Waals surface area (Å²) in [7, 11) is 0. The molecular weight excluding hydrogens is 393 g/mol. The molecule has 0 unspecified atom stereocenters. The molecule has 0 bridgehead atoms. The number of hydrogen-bond donors (Lipinski definition) is 1. The lowest BCUT2D eigenvalue weighted by Gasteiger charge is -2.14. The van der Waals surface area contributed by atoms with E-state index in [9.17, 15) is 4.79 Å². The molecule has 26 heavy (non-hydrogen) atoms. The topological polar surface area (TPSA) is 64.1 Å². The highest BCUT2D eigenvalue weighted by molar-refractivity contribution is 7.18. The molecule has 0 spiro atoms. The quantitative estimate of drug-likeness (QED) is 0.628. The molecule has 0 fully saturated rings. The van der Waals surface area contributed by atoms with Crippen molar-refractivity contribution in [2.45, 2.75) is 20.0 Å². The Kier molecular flexibility index (Phi) is 5.76. The SMILES string of the molecule is Cc1cc(O[C@H](C)C(=O)Nc2nnc(-c3ccc(Cl)cc3)s2)ccc1Cl. The summed E-state index contributed by atoms with van der Waals surface area (Å²) in [4.78, 5) is 12.3. The van der Waals surface area contributed by atoms with Crippen LogP contribution in [0.4, 0.5) is 5.13 Å². The molecule has 0 saturated heterocycles. The lowest BCUT2D eigenvalue weighted by molar-refractivity contribution is -0.122. The third kappa shape index (κ3) is 4.52. The van der Waals surface area contributed by atoms with Crippen molar-refractivity contribution in [3.05, 3.63) is 58.1 Å². The first kappa shape index (κ1) is 18.6. The molecule has 0 radical (unpaired) electrons. The zero-order valence-corrected chi connectivity index (χ0v) is 16.3. The Bertz CT molecular complexity index is 928. The molecule has 0 aliphatic heterocycles. The molecule has 8 heteroatoms. The summed E-state index contributed by atoms with van der Waals surface area (Å²) in [6, 6.07) is 12.5. The van der Waals surface area contributed by atoms with Gasteiger partial charge in [-0.3, -0.25) is 10.1 Å². The Morgan fingerprint density at radius 1 is 1.15 bits per heavy atom. The second-order valence-electron chi connectivity index (χ2n) is 5.58. The van der Waals surface area contributed by atoms with E-state index >= 15 is 0 Å². The van der Waals surface area contributed by atoms with E-state index in [4.69, 9.17) is 27.9 Å². The molecule has 1 amide bonds. The molecule has 0 saturated carbocycles. The van der Waals surface area contributed by atoms with Crippen LogP contribution in [0.2, 0.25) is 10.0 Å². The van der Waals surface area contributed by atoms with Gasteiger partial charge in [-0.05, 0) is 49.7 Å². The number of amides is 1. The van der Waals surface area contributed by atoms with Crippen LogP contribution >= 0.6 is 34.5 Å². The van der Waals surface area contributed by atoms with E-state index < -0.39 is 6.10 Å². The smallest absolute Gasteiger partial charge is 0.266 e. The van der Waals surface area contributed by atoms with Crippen molar-refractivity contribution in [1.29, 1.82) is 0 Å². The van der Waals surface area contributed by atoms with Crippen LogP contribution in [0.5, 0.6) is 5.75 Å². The van der Waals surface area contributed by atoms with Gasteiger partial charge >= 0.3 is 0 Å². The molecule has 5 nitrogen and oxygen atoms in total. The van der Waals surface area contributed by atoms with Crippen molar-refractivity contribution >= 4 is 45.6 Å². The first-order valence-corrected chi connectivity index (χ1v) is 9.33. The van der Waals surface area contributed by atoms with Crippen LogP contribution in [0.25, 0.3) is 10.6 Å². The summed E-state index contributed by atoms with van der Waals surface area (Å²) in [5.74, 6) is 0.269. The predicted octanol–water partition coefficient (Wildman–Crippen LogP) is 5.23. The maximum Gasteiger partial charge on any atom is 0.266 e. The molecule has 2 aromatic carbocycles. The van der Waals surface area contributed by atoms with Gasteiger partial charge in [0.1, 0.15) is 10.8 Å². The Balaban J connectivity index is 1.64. The number of aromatic nitrogens is 2. The second kappa shape index (κ2) is 8.03. The minimum Gasteiger partial charge on any atom is -0.481 e. The number of anilines is 1. The summed E-state index contributed by atoms with van der Waals surface area (Å²) in [6.07, 6.45) is -0.696. The van der Waals surface area contributed by atoms with E-state index in [-0.39, 0.29) is 5.91 Å². The highest BCUT2D eigenvalue weighted by Crippen LogP contribution is 2.27. The number of nitrogens with zero attached hydrogens (tertiary/aromatic N) is 2. The molecule has 1 N–H and O–H groups in total. The lowest BCUT2D eigenvalue weighted by atomic mass is 10.2. The largest absolute Gasteiger partial charge is 0.481 e. The molecular formula is C18H15Cl2N3O2S. The standard InChI is InChI=1S/C18H15Cl2N3O2S/c1-10-9-14(7-8-15(10)20)25-11(2)16(24)21-18-23-22-17(26-18)12-3-5-13(19)6-4-12/h3-9,11H,1-2H3,(H,21,23,24)/t11-/m1/s1. The molecule has 134 valence electrons. The maximum atomic E-state index is 12.3. The number of carbonyl (C=O) groups is 1. The number of rotatable bonds is 5. The van der Waals surface area contributed by atoms with E-state index in [1.807, 2.05) is 19.1 Å². The van der Waals surface area contributed by atoms with Crippen molar-refractivity contribution in [1.82, 2.24) is 10.2 Å². The van der Waals surface area contributed by atoms with Gasteiger partial charge in [-0.1, -0.05) is 46.7 Å². The van der Waals surface area contributed by atoms with Gasteiger partial charge in [0, 0.05) is 15.6 Å². The van der Waals surface area contributed by atoms with Crippen molar-refractivity contribution in [3.8, 4) is 16.3 Å². The Morgan fingerprint density at radius 2 is 1.88 bits per heavy atom. The number of nitrogens with one attached hydrogen (secondary N) is 1. The second-order valence-corrected chi connectivity index (χ2v) is 7.40. The van der Waals surface area contributed by atoms with Crippen molar-refractivity contribution in [3.63, 3.8) is 0 Å². The van der Waals surface area contributed by atoms with Crippen molar-refractivity contribution in [2.24, 2.45) is 0 Å². The first-order valence-electron chi connectivity index (χ1n) is 7.75. The molecule has 1 atom stereocenters. The predicted molar refractivity (Wildman–Crippen MR) is 105 cm³/mol.